The van der Waals surface area contributed by atoms with Gasteiger partial charge in [-0.1, -0.05) is 49.2 Å². The van der Waals surface area contributed by atoms with Gasteiger partial charge in [-0.3, -0.25) is 9.79 Å². The fraction of sp³-hybridized carbons (Fsp3) is 0.483. The molecule has 1 saturated carbocycles. The molecule has 2 aliphatic rings. The first-order valence-electron chi connectivity index (χ1n) is 12.8. The molecule has 1 heterocycles. The van der Waals surface area contributed by atoms with Crippen molar-refractivity contribution in [2.24, 2.45) is 9.98 Å². The van der Waals surface area contributed by atoms with Gasteiger partial charge in [0.1, 0.15) is 10.8 Å². The molecule has 0 saturated heterocycles. The van der Waals surface area contributed by atoms with Gasteiger partial charge < -0.3 is 10.1 Å². The van der Waals surface area contributed by atoms with E-state index in [4.69, 9.17) is 14.7 Å². The van der Waals surface area contributed by atoms with Gasteiger partial charge >= 0.3 is 0 Å². The number of nitrogens with zero attached hydrogens (tertiary/aromatic N) is 2. The first-order chi connectivity index (χ1) is 16.9. The first-order valence-corrected chi connectivity index (χ1v) is 13.8. The molecule has 2 aromatic carbocycles. The molecule has 186 valence electrons. The van der Waals surface area contributed by atoms with E-state index >= 15 is 0 Å². The third-order valence-electron chi connectivity index (χ3n) is 6.66. The first kappa shape index (κ1) is 25.5. The van der Waals surface area contributed by atoms with Crippen LogP contribution in [0.4, 0.5) is 5.69 Å². The summed E-state index contributed by atoms with van der Waals surface area (Å²) in [7, 11) is 0. The van der Waals surface area contributed by atoms with Crippen LogP contribution in [0.5, 0.6) is 5.75 Å². The number of hydrogen-bond acceptors (Lipinski definition) is 5. The lowest BCUT2D eigenvalue weighted by Gasteiger charge is -2.27. The molecule has 1 aliphatic carbocycles. The molecule has 6 heteroatoms. The lowest BCUT2D eigenvalue weighted by molar-refractivity contribution is -0.113. The second kappa shape index (κ2) is 11.4. The second-order valence-electron chi connectivity index (χ2n) is 9.76. The minimum atomic E-state index is -0.354. The molecule has 1 fully saturated rings. The number of benzene rings is 2. The minimum Gasteiger partial charge on any atom is -0.494 e. The van der Waals surface area contributed by atoms with E-state index in [1.54, 1.807) is 0 Å². The van der Waals surface area contributed by atoms with Crippen molar-refractivity contribution in [1.82, 2.24) is 0 Å². The minimum absolute atomic E-state index is 0.0173. The van der Waals surface area contributed by atoms with Crippen LogP contribution in [0.15, 0.2) is 46.4 Å². The molecule has 35 heavy (non-hydrogen) atoms. The van der Waals surface area contributed by atoms with Gasteiger partial charge in [0, 0.05) is 11.3 Å². The Morgan fingerprint density at radius 2 is 1.71 bits per heavy atom. The summed E-state index contributed by atoms with van der Waals surface area (Å²) in [5.41, 5.74) is 5.87. The van der Waals surface area contributed by atoms with Crippen molar-refractivity contribution in [2.75, 3.05) is 17.7 Å². The van der Waals surface area contributed by atoms with Crippen molar-refractivity contribution < 1.29 is 9.53 Å². The van der Waals surface area contributed by atoms with Crippen molar-refractivity contribution in [3.8, 4) is 5.75 Å². The third kappa shape index (κ3) is 6.35. The summed E-state index contributed by atoms with van der Waals surface area (Å²) in [4.78, 5) is 23.2. The van der Waals surface area contributed by atoms with Crippen LogP contribution >= 0.6 is 11.8 Å². The molecular formula is C29H37N3O2S. The van der Waals surface area contributed by atoms with E-state index in [9.17, 15) is 4.79 Å². The average Bonchev–Trinajstić information content (AvgIpc) is 3.18. The predicted octanol–water partition coefficient (Wildman–Crippen LogP) is 7.02. The standard InChI is InChI=1S/C29H37N3O2S/c1-5-6-16-34-24-12-10-23(11-13-24)27-28(32-29(31-27)14-8-7-9-15-29)35-19-25(33)30-26-21(3)17-20(2)18-22(26)4/h10-13,17-18H,5-9,14-16,19H2,1-4H3,(H,30,33). The number of unbranched alkanes of at least 4 members (excludes halogenated alkanes) is 1. The Kier molecular flexibility index (Phi) is 8.32. The number of nitrogens with one attached hydrogen (secondary N) is 1. The molecule has 0 atom stereocenters. The summed E-state index contributed by atoms with van der Waals surface area (Å²) < 4.78 is 5.83. The van der Waals surface area contributed by atoms with Crippen LogP contribution in [0, 0.1) is 20.8 Å². The molecule has 0 bridgehead atoms. The van der Waals surface area contributed by atoms with Crippen molar-refractivity contribution in [3.05, 3.63) is 58.7 Å². The number of aryl methyl sites for hydroxylation is 3. The van der Waals surface area contributed by atoms with E-state index in [0.717, 1.165) is 84.0 Å². The molecule has 0 unspecified atom stereocenters. The number of amides is 1. The zero-order valence-corrected chi connectivity index (χ0v) is 22.3. The molecule has 0 radical (unpaired) electrons. The molecule has 1 N–H and O–H groups in total. The van der Waals surface area contributed by atoms with Crippen molar-refractivity contribution >= 4 is 34.1 Å². The normalized spacial score (nSPS) is 16.7. The Hall–Kier alpha value is -2.60. The highest BCUT2D eigenvalue weighted by Crippen LogP contribution is 2.39. The van der Waals surface area contributed by atoms with Crippen LogP contribution in [0.25, 0.3) is 0 Å². The van der Waals surface area contributed by atoms with E-state index in [1.807, 2.05) is 26.0 Å². The Morgan fingerprint density at radius 3 is 2.37 bits per heavy atom. The highest BCUT2D eigenvalue weighted by Gasteiger charge is 2.37. The van der Waals surface area contributed by atoms with Gasteiger partial charge in [0.05, 0.1) is 18.1 Å². The zero-order valence-electron chi connectivity index (χ0n) is 21.4. The molecule has 0 aromatic heterocycles. The van der Waals surface area contributed by atoms with Crippen LogP contribution in [-0.2, 0) is 4.79 Å². The monoisotopic (exact) mass is 491 g/mol. The SMILES string of the molecule is CCCCOc1ccc(C2=NC3(CCCCC3)N=C2SCC(=O)Nc2c(C)cc(C)cc2C)cc1. The largest absolute Gasteiger partial charge is 0.494 e. The number of carbonyl (C=O) groups excluding carboxylic acids is 1. The topological polar surface area (TPSA) is 63.1 Å². The third-order valence-corrected chi connectivity index (χ3v) is 7.63. The Morgan fingerprint density at radius 1 is 1.03 bits per heavy atom. The zero-order chi connectivity index (χ0) is 24.8. The average molecular weight is 492 g/mol. The van der Waals surface area contributed by atoms with Gasteiger partial charge in [-0.15, -0.1) is 0 Å². The van der Waals surface area contributed by atoms with Gasteiger partial charge in [-0.05, 0) is 88.3 Å². The lowest BCUT2D eigenvalue weighted by atomic mass is 9.90. The molecule has 4 rings (SSSR count). The molecule has 1 aliphatic heterocycles. The van der Waals surface area contributed by atoms with Gasteiger partial charge in [-0.2, -0.15) is 0 Å². The van der Waals surface area contributed by atoms with Crippen LogP contribution < -0.4 is 10.1 Å². The summed E-state index contributed by atoms with van der Waals surface area (Å²) in [6, 6.07) is 12.4. The van der Waals surface area contributed by atoms with E-state index in [2.05, 4.69) is 43.4 Å². The number of rotatable bonds is 8. The number of thioether (sulfide) groups is 1. The fourth-order valence-corrected chi connectivity index (χ4v) is 5.76. The number of anilines is 1. The van der Waals surface area contributed by atoms with Crippen molar-refractivity contribution in [3.63, 3.8) is 0 Å². The molecule has 2 aromatic rings. The smallest absolute Gasteiger partial charge is 0.234 e. The maximum atomic E-state index is 12.9. The van der Waals surface area contributed by atoms with Gasteiger partial charge in [0.25, 0.3) is 0 Å². The number of carbonyl (C=O) groups is 1. The molecule has 1 spiro atoms. The van der Waals surface area contributed by atoms with E-state index in [0.29, 0.717) is 5.75 Å². The van der Waals surface area contributed by atoms with Crippen LogP contribution in [0.3, 0.4) is 0 Å². The summed E-state index contributed by atoms with van der Waals surface area (Å²) in [5, 5.41) is 3.99. The Bertz CT molecular complexity index is 1090. The van der Waals surface area contributed by atoms with Gasteiger partial charge in [0.15, 0.2) is 5.66 Å². The van der Waals surface area contributed by atoms with Crippen molar-refractivity contribution in [2.45, 2.75) is 78.3 Å². The van der Waals surface area contributed by atoms with E-state index in [-0.39, 0.29) is 11.6 Å². The summed E-state index contributed by atoms with van der Waals surface area (Å²) in [6.07, 6.45) is 7.66. The highest BCUT2D eigenvalue weighted by molar-refractivity contribution is 8.16. The number of ether oxygens (including phenoxy) is 1. The van der Waals surface area contributed by atoms with Gasteiger partial charge in [0.2, 0.25) is 5.91 Å². The summed E-state index contributed by atoms with van der Waals surface area (Å²) in [5.74, 6) is 1.16. The maximum absolute atomic E-state index is 12.9. The van der Waals surface area contributed by atoms with Crippen LogP contribution in [0.1, 0.15) is 74.1 Å². The maximum Gasteiger partial charge on any atom is 0.234 e. The molecule has 5 nitrogen and oxygen atoms in total. The van der Waals surface area contributed by atoms with E-state index in [1.165, 1.54) is 23.7 Å². The molecular weight excluding hydrogens is 454 g/mol. The highest BCUT2D eigenvalue weighted by atomic mass is 32.2. The van der Waals surface area contributed by atoms with Crippen molar-refractivity contribution in [1.29, 1.82) is 0 Å². The summed E-state index contributed by atoms with van der Waals surface area (Å²) >= 11 is 1.49. The van der Waals surface area contributed by atoms with Gasteiger partial charge in [-0.25, -0.2) is 4.99 Å². The quantitative estimate of drug-likeness (QED) is 0.403. The lowest BCUT2D eigenvalue weighted by Crippen LogP contribution is -2.25. The van der Waals surface area contributed by atoms with E-state index < -0.39 is 0 Å². The molecule has 1 amide bonds. The summed E-state index contributed by atoms with van der Waals surface area (Å²) in [6.45, 7) is 9.05. The fourth-order valence-electron chi connectivity index (χ4n) is 4.88. The second-order valence-corrected chi connectivity index (χ2v) is 10.7. The Labute approximate surface area is 213 Å². The van der Waals surface area contributed by atoms with Crippen LogP contribution in [0.2, 0.25) is 0 Å². The predicted molar refractivity (Wildman–Crippen MR) is 148 cm³/mol. The Balaban J connectivity index is 1.48. The van der Waals surface area contributed by atoms with Crippen LogP contribution in [-0.4, -0.2) is 34.7 Å². The number of hydrogen-bond donors (Lipinski definition) is 1. The number of aliphatic imine (C=N–C) groups is 2.